The number of halogens is 1. The van der Waals surface area contributed by atoms with Gasteiger partial charge in [-0.15, -0.1) is 11.3 Å². The fraction of sp³-hybridized carbons (Fsp3) is 0.733. The molecule has 100 valence electrons. The lowest BCUT2D eigenvalue weighted by Gasteiger charge is -2.62. The van der Waals surface area contributed by atoms with Crippen molar-refractivity contribution in [2.45, 2.75) is 46.2 Å². The lowest BCUT2D eigenvalue weighted by atomic mass is 9.45. The maximum atomic E-state index is 13.4. The average Bonchev–Trinajstić information content (AvgIpc) is 2.73. The van der Waals surface area contributed by atoms with Crippen LogP contribution in [0.25, 0.3) is 0 Å². The van der Waals surface area contributed by atoms with E-state index in [1.54, 1.807) is 6.07 Å². The molecule has 4 rings (SSSR count). The van der Waals surface area contributed by atoms with Crippen molar-refractivity contribution >= 4 is 11.3 Å². The molecule has 3 saturated carbocycles. The van der Waals surface area contributed by atoms with Gasteiger partial charge in [-0.05, 0) is 47.5 Å². The van der Waals surface area contributed by atoms with Gasteiger partial charge in [-0.25, -0.2) is 4.39 Å². The Labute approximate surface area is 113 Å². The summed E-state index contributed by atoms with van der Waals surface area (Å²) < 4.78 is 13.4. The Morgan fingerprint density at radius 2 is 2.22 bits per heavy atom. The van der Waals surface area contributed by atoms with E-state index in [1.807, 2.05) is 5.38 Å². The van der Waals surface area contributed by atoms with Crippen LogP contribution in [-0.2, 0) is 6.54 Å². The first-order chi connectivity index (χ1) is 8.50. The third kappa shape index (κ3) is 1.83. The Bertz CT molecular complexity index is 439. The van der Waals surface area contributed by atoms with Crippen LogP contribution in [0.2, 0.25) is 0 Å². The first-order valence-electron chi connectivity index (χ1n) is 6.95. The van der Waals surface area contributed by atoms with Crippen LogP contribution in [0.5, 0.6) is 0 Å². The van der Waals surface area contributed by atoms with Crippen molar-refractivity contribution in [1.29, 1.82) is 0 Å². The first kappa shape index (κ1) is 12.6. The van der Waals surface area contributed by atoms with Gasteiger partial charge in [0.25, 0.3) is 0 Å². The highest BCUT2D eigenvalue weighted by Gasteiger charge is 2.55. The van der Waals surface area contributed by atoms with E-state index in [1.165, 1.54) is 24.2 Å². The molecule has 3 heteroatoms. The summed E-state index contributed by atoms with van der Waals surface area (Å²) >= 11 is 1.51. The summed E-state index contributed by atoms with van der Waals surface area (Å²) in [6.45, 7) is 7.89. The van der Waals surface area contributed by atoms with Crippen molar-refractivity contribution in [1.82, 2.24) is 5.32 Å². The van der Waals surface area contributed by atoms with Crippen LogP contribution < -0.4 is 5.32 Å². The minimum absolute atomic E-state index is 0.0542. The van der Waals surface area contributed by atoms with E-state index in [2.05, 4.69) is 26.1 Å². The molecule has 1 heterocycles. The highest BCUT2D eigenvalue weighted by molar-refractivity contribution is 7.09. The fourth-order valence-electron chi connectivity index (χ4n) is 4.09. The van der Waals surface area contributed by atoms with Crippen molar-refractivity contribution in [3.8, 4) is 0 Å². The van der Waals surface area contributed by atoms with Gasteiger partial charge in [0.05, 0.1) is 4.88 Å². The maximum absolute atomic E-state index is 13.4. The van der Waals surface area contributed by atoms with Crippen molar-refractivity contribution in [2.75, 3.05) is 0 Å². The Kier molecular flexibility index (Phi) is 3.02. The topological polar surface area (TPSA) is 12.0 Å². The molecule has 1 aromatic rings. The molecule has 0 spiro atoms. The minimum Gasteiger partial charge on any atom is -0.309 e. The highest BCUT2D eigenvalue weighted by Crippen LogP contribution is 2.61. The third-order valence-corrected chi connectivity index (χ3v) is 6.47. The normalized spacial score (nSPS) is 37.3. The second-order valence-electron chi connectivity index (χ2n) is 6.63. The number of nitrogens with one attached hydrogen (secondary N) is 1. The fourth-order valence-corrected chi connectivity index (χ4v) is 4.79. The summed E-state index contributed by atoms with van der Waals surface area (Å²) in [5.41, 5.74) is 0.534. The van der Waals surface area contributed by atoms with Crippen molar-refractivity contribution < 1.29 is 4.39 Å². The van der Waals surface area contributed by atoms with Crippen molar-refractivity contribution in [3.05, 3.63) is 22.1 Å². The molecule has 1 unspecified atom stereocenters. The SMILES string of the molecule is C[C@@H]1[C@H]2CC(C[C@H]1NCc1sccc1F)C2(C)C. The zero-order chi connectivity index (χ0) is 12.9. The molecule has 0 amide bonds. The number of fused-ring (bicyclic) bond motifs is 2. The largest absolute Gasteiger partial charge is 0.309 e. The van der Waals surface area contributed by atoms with Gasteiger partial charge in [0.15, 0.2) is 0 Å². The maximum Gasteiger partial charge on any atom is 0.138 e. The van der Waals surface area contributed by atoms with Crippen LogP contribution in [0.15, 0.2) is 11.4 Å². The number of thiophene rings is 1. The molecule has 0 radical (unpaired) electrons. The van der Waals surface area contributed by atoms with Gasteiger partial charge in [0.1, 0.15) is 5.82 Å². The van der Waals surface area contributed by atoms with E-state index in [0.717, 1.165) is 16.7 Å². The molecule has 1 N–H and O–H groups in total. The minimum atomic E-state index is -0.0542. The predicted octanol–water partition coefficient (Wildman–Crippen LogP) is 4.05. The van der Waals surface area contributed by atoms with Gasteiger partial charge in [-0.2, -0.15) is 0 Å². The van der Waals surface area contributed by atoms with Crippen molar-refractivity contribution in [2.24, 2.45) is 23.2 Å². The molecule has 0 aromatic carbocycles. The lowest BCUT2D eigenvalue weighted by Crippen LogP contribution is -2.59. The number of hydrogen-bond acceptors (Lipinski definition) is 2. The molecule has 18 heavy (non-hydrogen) atoms. The van der Waals surface area contributed by atoms with Crippen LogP contribution in [0.3, 0.4) is 0 Å². The molecule has 3 aliphatic carbocycles. The molecule has 1 nitrogen and oxygen atoms in total. The Morgan fingerprint density at radius 1 is 1.44 bits per heavy atom. The summed E-state index contributed by atoms with van der Waals surface area (Å²) in [6.07, 6.45) is 2.66. The number of rotatable bonds is 3. The smallest absolute Gasteiger partial charge is 0.138 e. The highest BCUT2D eigenvalue weighted by atomic mass is 32.1. The number of hydrogen-bond donors (Lipinski definition) is 1. The predicted molar refractivity (Wildman–Crippen MR) is 74.1 cm³/mol. The van der Waals surface area contributed by atoms with Gasteiger partial charge in [-0.3, -0.25) is 0 Å². The molecule has 3 fully saturated rings. The molecular weight excluding hydrogens is 245 g/mol. The molecule has 0 saturated heterocycles. The molecule has 1 aromatic heterocycles. The zero-order valence-electron chi connectivity index (χ0n) is 11.4. The quantitative estimate of drug-likeness (QED) is 0.871. The second kappa shape index (κ2) is 4.31. The monoisotopic (exact) mass is 267 g/mol. The van der Waals surface area contributed by atoms with E-state index < -0.39 is 0 Å². The van der Waals surface area contributed by atoms with E-state index in [4.69, 9.17) is 0 Å². The molecule has 3 aliphatic rings. The summed E-state index contributed by atoms with van der Waals surface area (Å²) in [6, 6.07) is 2.13. The zero-order valence-corrected chi connectivity index (χ0v) is 12.2. The van der Waals surface area contributed by atoms with Crippen LogP contribution in [0.1, 0.15) is 38.5 Å². The van der Waals surface area contributed by atoms with Crippen LogP contribution in [0, 0.1) is 29.0 Å². The molecule has 4 atom stereocenters. The van der Waals surface area contributed by atoms with E-state index >= 15 is 0 Å². The van der Waals surface area contributed by atoms with Crippen LogP contribution in [-0.4, -0.2) is 6.04 Å². The van der Waals surface area contributed by atoms with E-state index in [-0.39, 0.29) is 5.82 Å². The van der Waals surface area contributed by atoms with Crippen LogP contribution >= 0.6 is 11.3 Å². The lowest BCUT2D eigenvalue weighted by molar-refractivity contribution is -0.115. The van der Waals surface area contributed by atoms with Crippen LogP contribution in [0.4, 0.5) is 4.39 Å². The summed E-state index contributed by atoms with van der Waals surface area (Å²) in [7, 11) is 0. The standard InChI is InChI=1S/C15H22FNS/c1-9-11-6-10(15(11,2)3)7-13(9)17-8-14-12(16)4-5-18-14/h4-5,9-11,13,17H,6-8H2,1-3H3/t9-,10?,11-,13-/m1/s1. The first-order valence-corrected chi connectivity index (χ1v) is 7.83. The third-order valence-electron chi connectivity index (χ3n) is 5.57. The Balaban J connectivity index is 1.61. The van der Waals surface area contributed by atoms with Gasteiger partial charge in [0.2, 0.25) is 0 Å². The van der Waals surface area contributed by atoms with Gasteiger partial charge in [0, 0.05) is 12.6 Å². The van der Waals surface area contributed by atoms with Gasteiger partial charge < -0.3 is 5.32 Å². The summed E-state index contributed by atoms with van der Waals surface area (Å²) in [5, 5.41) is 5.41. The van der Waals surface area contributed by atoms with E-state index in [9.17, 15) is 4.39 Å². The Hall–Kier alpha value is -0.410. The molecular formula is C15H22FNS. The average molecular weight is 267 g/mol. The van der Waals surface area contributed by atoms with E-state index in [0.29, 0.717) is 23.9 Å². The molecule has 2 bridgehead atoms. The summed E-state index contributed by atoms with van der Waals surface area (Å²) in [4.78, 5) is 0.848. The van der Waals surface area contributed by atoms with Gasteiger partial charge >= 0.3 is 0 Å². The van der Waals surface area contributed by atoms with Crippen molar-refractivity contribution in [3.63, 3.8) is 0 Å². The molecule has 0 aliphatic heterocycles. The summed E-state index contributed by atoms with van der Waals surface area (Å²) in [5.74, 6) is 2.38. The van der Waals surface area contributed by atoms with Gasteiger partial charge in [-0.1, -0.05) is 20.8 Å². The second-order valence-corrected chi connectivity index (χ2v) is 7.64. The Morgan fingerprint density at radius 3 is 2.78 bits per heavy atom.